The van der Waals surface area contributed by atoms with Crippen molar-refractivity contribution in [2.75, 3.05) is 5.32 Å². The second-order valence-electron chi connectivity index (χ2n) is 4.48. The van der Waals surface area contributed by atoms with Gasteiger partial charge in [0.25, 0.3) is 0 Å². The molecule has 0 aliphatic carbocycles. The number of benzene rings is 2. The Hall–Kier alpha value is -2.27. The minimum absolute atomic E-state index is 0.699. The summed E-state index contributed by atoms with van der Waals surface area (Å²) < 4.78 is 0. The molecule has 0 radical (unpaired) electrons. The van der Waals surface area contributed by atoms with Crippen LogP contribution in [0.1, 0.15) is 22.3 Å². The van der Waals surface area contributed by atoms with Gasteiger partial charge in [-0.3, -0.25) is 0 Å². The predicted molar refractivity (Wildman–Crippen MR) is 74.4 cm³/mol. The molecule has 2 nitrogen and oxygen atoms in total. The number of anilines is 1. The Morgan fingerprint density at radius 2 is 1.78 bits per heavy atom. The lowest BCUT2D eigenvalue weighted by atomic mass is 10.1. The van der Waals surface area contributed by atoms with Crippen LogP contribution in [-0.4, -0.2) is 0 Å². The maximum absolute atomic E-state index is 8.73. The Morgan fingerprint density at radius 1 is 1.06 bits per heavy atom. The van der Waals surface area contributed by atoms with Gasteiger partial charge < -0.3 is 5.32 Å². The number of hydrogen-bond donors (Lipinski definition) is 1. The van der Waals surface area contributed by atoms with Crippen LogP contribution in [0, 0.1) is 25.2 Å². The second kappa shape index (κ2) is 5.37. The first-order valence-corrected chi connectivity index (χ1v) is 5.99. The molecular weight excluding hydrogens is 220 g/mol. The molecule has 0 bridgehead atoms. The SMILES string of the molecule is Cc1ccc(NCc2ccc(C#N)cc2)c(C)c1. The van der Waals surface area contributed by atoms with Gasteiger partial charge >= 0.3 is 0 Å². The van der Waals surface area contributed by atoms with Gasteiger partial charge in [-0.1, -0.05) is 29.8 Å². The highest BCUT2D eigenvalue weighted by molar-refractivity contribution is 5.52. The van der Waals surface area contributed by atoms with Gasteiger partial charge in [0.05, 0.1) is 11.6 Å². The molecule has 0 aliphatic heterocycles. The molecule has 0 spiro atoms. The smallest absolute Gasteiger partial charge is 0.0991 e. The zero-order valence-electron chi connectivity index (χ0n) is 10.7. The van der Waals surface area contributed by atoms with Gasteiger partial charge in [-0.25, -0.2) is 0 Å². The van der Waals surface area contributed by atoms with Crippen molar-refractivity contribution in [3.63, 3.8) is 0 Å². The van der Waals surface area contributed by atoms with Crippen molar-refractivity contribution in [1.82, 2.24) is 0 Å². The minimum atomic E-state index is 0.699. The number of hydrogen-bond acceptors (Lipinski definition) is 2. The highest BCUT2D eigenvalue weighted by atomic mass is 14.9. The number of nitriles is 1. The second-order valence-corrected chi connectivity index (χ2v) is 4.48. The summed E-state index contributed by atoms with van der Waals surface area (Å²) in [5.41, 5.74) is 5.56. The van der Waals surface area contributed by atoms with Crippen molar-refractivity contribution in [2.24, 2.45) is 0 Å². The minimum Gasteiger partial charge on any atom is -0.381 e. The zero-order chi connectivity index (χ0) is 13.0. The number of aryl methyl sites for hydroxylation is 2. The van der Waals surface area contributed by atoms with Crippen molar-refractivity contribution in [3.05, 3.63) is 64.7 Å². The van der Waals surface area contributed by atoms with Crippen LogP contribution in [0.25, 0.3) is 0 Å². The van der Waals surface area contributed by atoms with E-state index in [1.54, 1.807) is 0 Å². The molecular formula is C16H16N2. The lowest BCUT2D eigenvalue weighted by molar-refractivity contribution is 1.14. The lowest BCUT2D eigenvalue weighted by Crippen LogP contribution is -2.01. The van der Waals surface area contributed by atoms with E-state index in [9.17, 15) is 0 Å². The highest BCUT2D eigenvalue weighted by Gasteiger charge is 1.98. The van der Waals surface area contributed by atoms with E-state index in [2.05, 4.69) is 43.4 Å². The molecule has 0 heterocycles. The topological polar surface area (TPSA) is 35.8 Å². The molecule has 0 unspecified atom stereocenters. The van der Waals surface area contributed by atoms with Crippen LogP contribution in [0.2, 0.25) is 0 Å². The molecule has 0 fully saturated rings. The van der Waals surface area contributed by atoms with Crippen LogP contribution in [0.5, 0.6) is 0 Å². The van der Waals surface area contributed by atoms with Gasteiger partial charge in [0.15, 0.2) is 0 Å². The fraction of sp³-hybridized carbons (Fsp3) is 0.188. The zero-order valence-corrected chi connectivity index (χ0v) is 10.7. The van der Waals surface area contributed by atoms with E-state index in [1.807, 2.05) is 24.3 Å². The Morgan fingerprint density at radius 3 is 2.39 bits per heavy atom. The van der Waals surface area contributed by atoms with E-state index < -0.39 is 0 Å². The average Bonchev–Trinajstić information content (AvgIpc) is 2.38. The summed E-state index contributed by atoms with van der Waals surface area (Å²) in [6, 6.07) is 16.2. The standard InChI is InChI=1S/C16H16N2/c1-12-3-8-16(13(2)9-12)18-11-15-6-4-14(10-17)5-7-15/h3-9,18H,11H2,1-2H3. The highest BCUT2D eigenvalue weighted by Crippen LogP contribution is 2.17. The van der Waals surface area contributed by atoms with Crippen molar-refractivity contribution in [1.29, 1.82) is 5.26 Å². The first-order chi connectivity index (χ1) is 8.69. The monoisotopic (exact) mass is 236 g/mol. The van der Waals surface area contributed by atoms with E-state index in [0.717, 1.165) is 12.2 Å². The van der Waals surface area contributed by atoms with E-state index in [0.29, 0.717) is 5.56 Å². The number of nitrogens with zero attached hydrogens (tertiary/aromatic N) is 1. The van der Waals surface area contributed by atoms with Gasteiger partial charge in [-0.15, -0.1) is 0 Å². The molecule has 2 aromatic carbocycles. The molecule has 0 aromatic heterocycles. The maximum Gasteiger partial charge on any atom is 0.0991 e. The van der Waals surface area contributed by atoms with Gasteiger partial charge in [-0.05, 0) is 43.2 Å². The Kier molecular flexibility index (Phi) is 3.64. The van der Waals surface area contributed by atoms with Crippen LogP contribution in [0.3, 0.4) is 0 Å². The lowest BCUT2D eigenvalue weighted by Gasteiger charge is -2.10. The molecule has 0 amide bonds. The average molecular weight is 236 g/mol. The molecule has 2 heteroatoms. The van der Waals surface area contributed by atoms with Crippen LogP contribution in [0.15, 0.2) is 42.5 Å². The van der Waals surface area contributed by atoms with Gasteiger partial charge in [-0.2, -0.15) is 5.26 Å². The first-order valence-electron chi connectivity index (χ1n) is 5.99. The van der Waals surface area contributed by atoms with Crippen molar-refractivity contribution in [3.8, 4) is 6.07 Å². The molecule has 0 saturated heterocycles. The maximum atomic E-state index is 8.73. The molecule has 0 atom stereocenters. The Labute approximate surface area is 108 Å². The Bertz CT molecular complexity index is 577. The molecule has 18 heavy (non-hydrogen) atoms. The number of nitrogens with one attached hydrogen (secondary N) is 1. The number of rotatable bonds is 3. The molecule has 2 aromatic rings. The van der Waals surface area contributed by atoms with Crippen LogP contribution < -0.4 is 5.32 Å². The van der Waals surface area contributed by atoms with E-state index in [4.69, 9.17) is 5.26 Å². The summed E-state index contributed by atoms with van der Waals surface area (Å²) in [7, 11) is 0. The third kappa shape index (κ3) is 2.89. The van der Waals surface area contributed by atoms with E-state index in [1.165, 1.54) is 16.7 Å². The molecule has 90 valence electrons. The van der Waals surface area contributed by atoms with E-state index in [-0.39, 0.29) is 0 Å². The summed E-state index contributed by atoms with van der Waals surface area (Å²) >= 11 is 0. The first kappa shape index (κ1) is 12.2. The summed E-state index contributed by atoms with van der Waals surface area (Å²) in [6.07, 6.45) is 0. The molecule has 0 aliphatic rings. The fourth-order valence-electron chi connectivity index (χ4n) is 1.91. The summed E-state index contributed by atoms with van der Waals surface area (Å²) in [5.74, 6) is 0. The third-order valence-corrected chi connectivity index (χ3v) is 2.95. The van der Waals surface area contributed by atoms with Crippen molar-refractivity contribution in [2.45, 2.75) is 20.4 Å². The van der Waals surface area contributed by atoms with Gasteiger partial charge in [0.2, 0.25) is 0 Å². The normalized spacial score (nSPS) is 9.83. The Balaban J connectivity index is 2.04. The fourth-order valence-corrected chi connectivity index (χ4v) is 1.91. The van der Waals surface area contributed by atoms with Crippen LogP contribution in [0.4, 0.5) is 5.69 Å². The molecule has 0 saturated carbocycles. The van der Waals surface area contributed by atoms with Gasteiger partial charge in [0, 0.05) is 12.2 Å². The van der Waals surface area contributed by atoms with Crippen molar-refractivity contribution < 1.29 is 0 Å². The van der Waals surface area contributed by atoms with Crippen LogP contribution in [-0.2, 0) is 6.54 Å². The van der Waals surface area contributed by atoms with Gasteiger partial charge in [0.1, 0.15) is 0 Å². The summed E-state index contributed by atoms with van der Waals surface area (Å²) in [6.45, 7) is 4.97. The summed E-state index contributed by atoms with van der Waals surface area (Å²) in [4.78, 5) is 0. The van der Waals surface area contributed by atoms with E-state index >= 15 is 0 Å². The third-order valence-electron chi connectivity index (χ3n) is 2.95. The van der Waals surface area contributed by atoms with Crippen LogP contribution >= 0.6 is 0 Å². The van der Waals surface area contributed by atoms with Crippen molar-refractivity contribution >= 4 is 5.69 Å². The summed E-state index contributed by atoms with van der Waals surface area (Å²) in [5, 5.41) is 12.1. The quantitative estimate of drug-likeness (QED) is 0.880. The predicted octanol–water partition coefficient (Wildman–Crippen LogP) is 3.79. The molecule has 1 N–H and O–H groups in total. The largest absolute Gasteiger partial charge is 0.381 e. The molecule has 2 rings (SSSR count).